The van der Waals surface area contributed by atoms with Gasteiger partial charge in [-0.25, -0.2) is 0 Å². The molecule has 4 nitrogen and oxygen atoms in total. The van der Waals surface area contributed by atoms with E-state index in [9.17, 15) is 0 Å². The average molecular weight is 843 g/mol. The Morgan fingerprint density at radius 1 is 0.333 bits per heavy atom. The Bertz CT molecular complexity index is 3620. The Morgan fingerprint density at radius 2 is 0.697 bits per heavy atom. The van der Waals surface area contributed by atoms with Crippen LogP contribution in [0, 0.1) is 6.92 Å². The van der Waals surface area contributed by atoms with E-state index in [0.717, 1.165) is 84.1 Å². The molecule has 0 bridgehead atoms. The lowest BCUT2D eigenvalue weighted by atomic mass is 9.34. The van der Waals surface area contributed by atoms with Crippen LogP contribution in [0.4, 0.5) is 0 Å². The number of benzene rings is 10. The minimum Gasteiger partial charge on any atom is -0.458 e. The first-order chi connectivity index (χ1) is 32.6. The molecule has 0 saturated carbocycles. The second-order valence-corrected chi connectivity index (χ2v) is 17.7. The lowest BCUT2D eigenvalue weighted by Crippen LogP contribution is -2.57. The second-order valence-electron chi connectivity index (χ2n) is 17.7. The first kappa shape index (κ1) is 36.9. The molecule has 66 heavy (non-hydrogen) atoms. The molecule has 4 heterocycles. The molecule has 0 N–H and O–H groups in total. The van der Waals surface area contributed by atoms with Crippen molar-refractivity contribution in [2.45, 2.75) is 6.92 Å². The van der Waals surface area contributed by atoms with Crippen molar-refractivity contribution >= 4 is 66.7 Å². The quantitative estimate of drug-likeness (QED) is 0.162. The highest BCUT2D eigenvalue weighted by molar-refractivity contribution is 6.98. The highest BCUT2D eigenvalue weighted by Gasteiger charge is 2.41. The molecule has 0 amide bonds. The molecular weight excluding hydrogens is 803 g/mol. The third-order valence-electron chi connectivity index (χ3n) is 14.0. The Balaban J connectivity index is 0.855. The molecule has 2 aliphatic rings. The molecule has 0 atom stereocenters. The van der Waals surface area contributed by atoms with Gasteiger partial charge in [0.1, 0.15) is 23.0 Å². The van der Waals surface area contributed by atoms with Crippen LogP contribution < -0.4 is 25.9 Å². The van der Waals surface area contributed by atoms with Crippen LogP contribution in [0.5, 0.6) is 23.0 Å². The van der Waals surface area contributed by atoms with E-state index in [1.807, 2.05) is 0 Å². The number of hydrogen-bond donors (Lipinski definition) is 0. The van der Waals surface area contributed by atoms with E-state index in [-0.39, 0.29) is 6.71 Å². The van der Waals surface area contributed by atoms with Gasteiger partial charge in [-0.05, 0) is 130 Å². The SMILES string of the molecule is Cc1ccccc1-c1cc2c3c(c1)Oc1cc(-c4ccc(-n5c6ccccc6c6ccccc65)cc4)ccc1B3c1ccc(-c3ccc(-n4c5ccccc5c5ccccc54)cc3)cc1O2. The molecule has 10 aromatic carbocycles. The maximum atomic E-state index is 6.98. The van der Waals surface area contributed by atoms with Crippen molar-refractivity contribution in [2.75, 3.05) is 0 Å². The summed E-state index contributed by atoms with van der Waals surface area (Å²) in [5, 5.41) is 5.03. The lowest BCUT2D eigenvalue weighted by molar-refractivity contribution is 0.465. The molecule has 2 aromatic heterocycles. The number of para-hydroxylation sites is 4. The number of aromatic nitrogens is 2. The fourth-order valence-electron chi connectivity index (χ4n) is 10.9. The summed E-state index contributed by atoms with van der Waals surface area (Å²) in [4.78, 5) is 0. The minimum atomic E-state index is -0.0631. The molecule has 2 aliphatic heterocycles. The van der Waals surface area contributed by atoms with E-state index >= 15 is 0 Å². The molecule has 0 fully saturated rings. The molecule has 308 valence electrons. The van der Waals surface area contributed by atoms with Crippen LogP contribution in [0.1, 0.15) is 5.56 Å². The molecule has 5 heteroatoms. The molecule has 14 rings (SSSR count). The third-order valence-corrected chi connectivity index (χ3v) is 14.0. The summed E-state index contributed by atoms with van der Waals surface area (Å²) in [6, 6.07) is 78.8. The molecular formula is C61H39BN2O2. The summed E-state index contributed by atoms with van der Waals surface area (Å²) in [5.74, 6) is 3.39. The van der Waals surface area contributed by atoms with Crippen LogP contribution >= 0.6 is 0 Å². The van der Waals surface area contributed by atoms with Crippen LogP contribution in [-0.2, 0) is 0 Å². The van der Waals surface area contributed by atoms with Crippen molar-refractivity contribution in [1.82, 2.24) is 9.13 Å². The average Bonchev–Trinajstić information content (AvgIpc) is 3.89. The van der Waals surface area contributed by atoms with Gasteiger partial charge in [0.2, 0.25) is 0 Å². The van der Waals surface area contributed by atoms with Gasteiger partial charge in [0.05, 0.1) is 22.1 Å². The predicted octanol–water partition coefficient (Wildman–Crippen LogP) is 13.9. The number of hydrogen-bond acceptors (Lipinski definition) is 2. The van der Waals surface area contributed by atoms with Crippen molar-refractivity contribution in [3.63, 3.8) is 0 Å². The molecule has 0 unspecified atom stereocenters. The van der Waals surface area contributed by atoms with E-state index < -0.39 is 0 Å². The zero-order valence-corrected chi connectivity index (χ0v) is 36.1. The predicted molar refractivity (Wildman–Crippen MR) is 274 cm³/mol. The maximum absolute atomic E-state index is 6.98. The lowest BCUT2D eigenvalue weighted by Gasteiger charge is -2.34. The van der Waals surface area contributed by atoms with Gasteiger partial charge >= 0.3 is 0 Å². The second kappa shape index (κ2) is 14.2. The Hall–Kier alpha value is -8.54. The van der Waals surface area contributed by atoms with Gasteiger partial charge in [-0.2, -0.15) is 0 Å². The topological polar surface area (TPSA) is 28.3 Å². The maximum Gasteiger partial charge on any atom is 0.260 e. The first-order valence-corrected chi connectivity index (χ1v) is 22.7. The highest BCUT2D eigenvalue weighted by Crippen LogP contribution is 2.42. The monoisotopic (exact) mass is 842 g/mol. The molecule has 0 radical (unpaired) electrons. The highest BCUT2D eigenvalue weighted by atomic mass is 16.5. The van der Waals surface area contributed by atoms with E-state index in [4.69, 9.17) is 9.47 Å². The number of nitrogens with zero attached hydrogens (tertiary/aromatic N) is 2. The van der Waals surface area contributed by atoms with Gasteiger partial charge in [-0.3, -0.25) is 0 Å². The Labute approximate surface area is 382 Å². The van der Waals surface area contributed by atoms with Crippen LogP contribution in [0.2, 0.25) is 0 Å². The summed E-state index contributed by atoms with van der Waals surface area (Å²) < 4.78 is 18.7. The van der Waals surface area contributed by atoms with Crippen molar-refractivity contribution in [3.05, 3.63) is 224 Å². The summed E-state index contributed by atoms with van der Waals surface area (Å²) in [6.07, 6.45) is 0. The third kappa shape index (κ3) is 5.53. The van der Waals surface area contributed by atoms with E-state index in [1.54, 1.807) is 0 Å². The first-order valence-electron chi connectivity index (χ1n) is 22.7. The van der Waals surface area contributed by atoms with Crippen LogP contribution in [0.25, 0.3) is 88.4 Å². The molecule has 0 saturated heterocycles. The fourth-order valence-corrected chi connectivity index (χ4v) is 10.9. The Morgan fingerprint density at radius 3 is 1.12 bits per heavy atom. The molecule has 0 spiro atoms. The van der Waals surface area contributed by atoms with Gasteiger partial charge in [0.15, 0.2) is 0 Å². The van der Waals surface area contributed by atoms with Gasteiger partial charge in [-0.1, -0.05) is 146 Å². The summed E-state index contributed by atoms with van der Waals surface area (Å²) >= 11 is 0. The summed E-state index contributed by atoms with van der Waals surface area (Å²) in [5.41, 5.74) is 18.3. The van der Waals surface area contributed by atoms with Crippen LogP contribution in [0.3, 0.4) is 0 Å². The number of fused-ring (bicyclic) bond motifs is 10. The van der Waals surface area contributed by atoms with E-state index in [1.165, 1.54) is 49.2 Å². The Kier molecular flexibility index (Phi) is 7.96. The van der Waals surface area contributed by atoms with Crippen molar-refractivity contribution in [3.8, 4) is 67.8 Å². The van der Waals surface area contributed by atoms with Crippen molar-refractivity contribution < 1.29 is 9.47 Å². The number of ether oxygens (including phenoxy) is 2. The summed E-state index contributed by atoms with van der Waals surface area (Å²) in [6.45, 7) is 2.10. The van der Waals surface area contributed by atoms with E-state index in [0.29, 0.717) is 0 Å². The fraction of sp³-hybridized carbons (Fsp3) is 0.0164. The van der Waals surface area contributed by atoms with Crippen LogP contribution in [0.15, 0.2) is 218 Å². The standard InChI is InChI=1S/C61H39BN2O2/c1-38-12-2-3-13-46(38)43-36-59-61-60(37-43)66-58-35-42(40-24-30-45(31-25-40)64-55-20-10-6-16-49(55)50-17-7-11-21-56(50)64)27-33-52(58)62(61)51-32-26-41(34-57(51)65-59)39-22-28-44(29-23-39)63-53-18-8-4-14-47(53)48-15-5-9-19-54(48)63/h2-37H,1H3. The smallest absolute Gasteiger partial charge is 0.260 e. The molecule has 0 aliphatic carbocycles. The normalized spacial score (nSPS) is 12.5. The van der Waals surface area contributed by atoms with Crippen LogP contribution in [-0.4, -0.2) is 15.8 Å². The van der Waals surface area contributed by atoms with Gasteiger partial charge < -0.3 is 18.6 Å². The number of aryl methyl sites for hydroxylation is 1. The van der Waals surface area contributed by atoms with E-state index in [2.05, 4.69) is 234 Å². The van der Waals surface area contributed by atoms with Crippen molar-refractivity contribution in [2.24, 2.45) is 0 Å². The zero-order chi connectivity index (χ0) is 43.5. The van der Waals surface area contributed by atoms with Crippen molar-refractivity contribution in [1.29, 1.82) is 0 Å². The largest absolute Gasteiger partial charge is 0.458 e. The molecule has 12 aromatic rings. The van der Waals surface area contributed by atoms with Gasteiger partial charge in [-0.15, -0.1) is 0 Å². The van der Waals surface area contributed by atoms with Gasteiger partial charge in [0, 0.05) is 38.4 Å². The minimum absolute atomic E-state index is 0.0631. The zero-order valence-electron chi connectivity index (χ0n) is 36.1. The summed E-state index contributed by atoms with van der Waals surface area (Å²) in [7, 11) is 0. The van der Waals surface area contributed by atoms with Gasteiger partial charge in [0.25, 0.3) is 6.71 Å². The number of rotatable bonds is 5.